The lowest BCUT2D eigenvalue weighted by Gasteiger charge is -2.29. The van der Waals surface area contributed by atoms with Crippen LogP contribution in [-0.4, -0.2) is 12.5 Å². The summed E-state index contributed by atoms with van der Waals surface area (Å²) in [6.07, 6.45) is 1.55. The van der Waals surface area contributed by atoms with Gasteiger partial charge in [-0.1, -0.05) is 13.8 Å². The van der Waals surface area contributed by atoms with Crippen LogP contribution in [0.2, 0.25) is 0 Å². The molecule has 3 heteroatoms. The lowest BCUT2D eigenvalue weighted by atomic mass is 9.81. The van der Waals surface area contributed by atoms with E-state index >= 15 is 0 Å². The van der Waals surface area contributed by atoms with Crippen molar-refractivity contribution in [1.82, 2.24) is 0 Å². The quantitative estimate of drug-likeness (QED) is 0.756. The number of hydrogen-bond donors (Lipinski definition) is 1. The summed E-state index contributed by atoms with van der Waals surface area (Å²) in [6.45, 7) is 5.16. The molecule has 2 rings (SSSR count). The maximum absolute atomic E-state index is 13.0. The molecule has 2 atom stereocenters. The molecule has 2 N–H and O–H groups in total. The minimum atomic E-state index is -2.40. The number of hydrogen-bond acceptors (Lipinski definition) is 1. The van der Waals surface area contributed by atoms with E-state index in [1.165, 1.54) is 0 Å². The van der Waals surface area contributed by atoms with E-state index in [0.717, 1.165) is 0 Å². The second-order valence-electron chi connectivity index (χ2n) is 5.88. The van der Waals surface area contributed by atoms with Crippen molar-refractivity contribution in [3.63, 3.8) is 0 Å². The zero-order valence-electron chi connectivity index (χ0n) is 9.60. The Kier molecular flexibility index (Phi) is 2.57. The molecule has 2 aliphatic carbocycles. The minimum Gasteiger partial charge on any atom is -0.330 e. The summed E-state index contributed by atoms with van der Waals surface area (Å²) >= 11 is 0. The van der Waals surface area contributed by atoms with Crippen LogP contribution in [-0.2, 0) is 0 Å². The molecule has 88 valence electrons. The van der Waals surface area contributed by atoms with Gasteiger partial charge in [-0.3, -0.25) is 0 Å². The van der Waals surface area contributed by atoms with Gasteiger partial charge in [0.25, 0.3) is 0 Å². The first kappa shape index (κ1) is 11.3. The summed E-state index contributed by atoms with van der Waals surface area (Å²) in [5, 5.41) is 0. The minimum absolute atomic E-state index is 0.0849. The Bertz CT molecular complexity index is 240. The molecule has 0 aromatic carbocycles. The van der Waals surface area contributed by atoms with Gasteiger partial charge in [0.05, 0.1) is 0 Å². The summed E-state index contributed by atoms with van der Waals surface area (Å²) in [4.78, 5) is 0. The molecular weight excluding hydrogens is 196 g/mol. The standard InChI is InChI=1S/C12H21F2N/c1-11(2)9(7-15)10(11)8-3-5-12(13,14)6-4-8/h8-10H,3-7,15H2,1-2H3/t9-,10-/m0/s1. The first-order chi connectivity index (χ1) is 6.88. The molecular formula is C12H21F2N. The average Bonchev–Trinajstić information content (AvgIpc) is 2.68. The maximum atomic E-state index is 13.0. The van der Waals surface area contributed by atoms with Gasteiger partial charge >= 0.3 is 0 Å². The van der Waals surface area contributed by atoms with Crippen molar-refractivity contribution in [1.29, 1.82) is 0 Å². The molecule has 0 amide bonds. The van der Waals surface area contributed by atoms with Gasteiger partial charge in [-0.25, -0.2) is 8.78 Å². The van der Waals surface area contributed by atoms with E-state index in [1.54, 1.807) is 0 Å². The normalized spacial score (nSPS) is 39.0. The highest BCUT2D eigenvalue weighted by Crippen LogP contribution is 2.64. The van der Waals surface area contributed by atoms with Crippen molar-refractivity contribution in [3.05, 3.63) is 0 Å². The Balaban J connectivity index is 1.93. The predicted octanol–water partition coefficient (Wildman–Crippen LogP) is 3.04. The third kappa shape index (κ3) is 1.91. The molecule has 1 nitrogen and oxygen atoms in total. The van der Waals surface area contributed by atoms with E-state index in [2.05, 4.69) is 13.8 Å². The summed E-state index contributed by atoms with van der Waals surface area (Å²) in [6, 6.07) is 0. The van der Waals surface area contributed by atoms with Crippen molar-refractivity contribution < 1.29 is 8.78 Å². The molecule has 0 aromatic heterocycles. The summed E-state index contributed by atoms with van der Waals surface area (Å²) in [5.41, 5.74) is 6.01. The molecule has 0 aromatic rings. The second-order valence-corrected chi connectivity index (χ2v) is 5.88. The molecule has 0 spiro atoms. The van der Waals surface area contributed by atoms with Crippen molar-refractivity contribution in [2.75, 3.05) is 6.54 Å². The van der Waals surface area contributed by atoms with Crippen LogP contribution in [0.5, 0.6) is 0 Å². The Hall–Kier alpha value is -0.180. The Morgan fingerprint density at radius 1 is 1.20 bits per heavy atom. The number of halogens is 2. The third-order valence-electron chi connectivity index (χ3n) is 4.66. The van der Waals surface area contributed by atoms with Crippen molar-refractivity contribution in [2.45, 2.75) is 45.5 Å². The summed E-state index contributed by atoms with van der Waals surface area (Å²) < 4.78 is 26.0. The number of alkyl halides is 2. The van der Waals surface area contributed by atoms with E-state index in [1.807, 2.05) is 0 Å². The van der Waals surface area contributed by atoms with Gasteiger partial charge < -0.3 is 5.73 Å². The van der Waals surface area contributed by atoms with E-state index in [-0.39, 0.29) is 12.8 Å². The number of nitrogens with two attached hydrogens (primary N) is 1. The zero-order valence-corrected chi connectivity index (χ0v) is 9.60. The highest BCUT2D eigenvalue weighted by atomic mass is 19.3. The van der Waals surface area contributed by atoms with Gasteiger partial charge in [-0.15, -0.1) is 0 Å². The summed E-state index contributed by atoms with van der Waals surface area (Å²) in [5.74, 6) is -0.741. The fourth-order valence-electron chi connectivity index (χ4n) is 3.59. The lowest BCUT2D eigenvalue weighted by Crippen LogP contribution is -2.26. The average molecular weight is 217 g/mol. The predicted molar refractivity (Wildman–Crippen MR) is 56.7 cm³/mol. The van der Waals surface area contributed by atoms with Crippen LogP contribution in [0.1, 0.15) is 39.5 Å². The highest BCUT2D eigenvalue weighted by Gasteiger charge is 2.60. The zero-order chi connectivity index (χ0) is 11.3. The molecule has 0 heterocycles. The van der Waals surface area contributed by atoms with Gasteiger partial charge in [0, 0.05) is 12.8 Å². The Labute approximate surface area is 90.4 Å². The smallest absolute Gasteiger partial charge is 0.248 e. The molecule has 2 fully saturated rings. The van der Waals surface area contributed by atoms with Crippen molar-refractivity contribution in [3.8, 4) is 0 Å². The first-order valence-electron chi connectivity index (χ1n) is 5.96. The van der Waals surface area contributed by atoms with E-state index < -0.39 is 5.92 Å². The van der Waals surface area contributed by atoms with Crippen LogP contribution in [0.15, 0.2) is 0 Å². The SMILES string of the molecule is CC1(C)[C@@H](CN)[C@@H]1C1CCC(F)(F)CC1. The van der Waals surface area contributed by atoms with Gasteiger partial charge in [0.2, 0.25) is 5.92 Å². The molecule has 2 saturated carbocycles. The van der Waals surface area contributed by atoms with Crippen LogP contribution in [0, 0.1) is 23.2 Å². The van der Waals surface area contributed by atoms with Crippen LogP contribution in [0.25, 0.3) is 0 Å². The Morgan fingerprint density at radius 2 is 1.73 bits per heavy atom. The van der Waals surface area contributed by atoms with Gasteiger partial charge in [-0.2, -0.15) is 0 Å². The second kappa shape index (κ2) is 3.41. The number of rotatable bonds is 2. The molecule has 0 radical (unpaired) electrons. The fourth-order valence-corrected chi connectivity index (χ4v) is 3.59. The molecule has 0 aliphatic heterocycles. The summed E-state index contributed by atoms with van der Waals surface area (Å²) in [7, 11) is 0. The highest BCUT2D eigenvalue weighted by molar-refractivity contribution is 5.08. The Morgan fingerprint density at radius 3 is 2.13 bits per heavy atom. The van der Waals surface area contributed by atoms with Gasteiger partial charge in [0.1, 0.15) is 0 Å². The van der Waals surface area contributed by atoms with Crippen LogP contribution in [0.3, 0.4) is 0 Å². The van der Waals surface area contributed by atoms with E-state index in [4.69, 9.17) is 5.73 Å². The largest absolute Gasteiger partial charge is 0.330 e. The molecule has 0 bridgehead atoms. The molecule has 2 aliphatic rings. The van der Waals surface area contributed by atoms with Crippen LogP contribution >= 0.6 is 0 Å². The van der Waals surface area contributed by atoms with Gasteiger partial charge in [0.15, 0.2) is 0 Å². The molecule has 15 heavy (non-hydrogen) atoms. The third-order valence-corrected chi connectivity index (χ3v) is 4.66. The fraction of sp³-hybridized carbons (Fsp3) is 1.00. The maximum Gasteiger partial charge on any atom is 0.248 e. The first-order valence-corrected chi connectivity index (χ1v) is 5.96. The van der Waals surface area contributed by atoms with E-state index in [0.29, 0.717) is 42.6 Å². The van der Waals surface area contributed by atoms with Crippen molar-refractivity contribution >= 4 is 0 Å². The van der Waals surface area contributed by atoms with E-state index in [9.17, 15) is 8.78 Å². The van der Waals surface area contributed by atoms with Crippen molar-refractivity contribution in [2.24, 2.45) is 28.9 Å². The monoisotopic (exact) mass is 217 g/mol. The topological polar surface area (TPSA) is 26.0 Å². The lowest BCUT2D eigenvalue weighted by molar-refractivity contribution is -0.0495. The van der Waals surface area contributed by atoms with Gasteiger partial charge in [-0.05, 0) is 42.6 Å². The van der Waals surface area contributed by atoms with Crippen LogP contribution in [0.4, 0.5) is 8.78 Å². The van der Waals surface area contributed by atoms with Crippen LogP contribution < -0.4 is 5.73 Å². The molecule has 0 saturated heterocycles. The molecule has 0 unspecified atom stereocenters.